The average Bonchev–Trinajstić information content (AvgIpc) is 2.58. The third kappa shape index (κ3) is 2.73. The highest BCUT2D eigenvalue weighted by molar-refractivity contribution is 6.33. The molecule has 2 aromatic carbocycles. The maximum Gasteiger partial charge on any atom is 0.142 e. The summed E-state index contributed by atoms with van der Waals surface area (Å²) in [7, 11) is 0. The number of pyridine rings is 1. The number of halogens is 1. The molecule has 0 saturated carbocycles. The van der Waals surface area contributed by atoms with Crippen LogP contribution in [0, 0.1) is 25.2 Å². The molecule has 0 bridgehead atoms. The lowest BCUT2D eigenvalue weighted by Gasteiger charge is -2.16. The molecule has 0 radical (unpaired) electrons. The molecule has 0 saturated heterocycles. The molecule has 0 aliphatic rings. The lowest BCUT2D eigenvalue weighted by Crippen LogP contribution is -2.03. The van der Waals surface area contributed by atoms with E-state index in [4.69, 9.17) is 17.3 Å². The second-order valence-corrected chi connectivity index (χ2v) is 6.09. The normalized spacial score (nSPS) is 10.4. The van der Waals surface area contributed by atoms with E-state index in [2.05, 4.69) is 11.1 Å². The largest absolute Gasteiger partial charge is 0.383 e. The van der Waals surface area contributed by atoms with E-state index in [-0.39, 0.29) is 5.82 Å². The van der Waals surface area contributed by atoms with E-state index in [1.165, 1.54) is 5.56 Å². The summed E-state index contributed by atoms with van der Waals surface area (Å²) in [6.07, 6.45) is 0. The maximum absolute atomic E-state index is 9.56. The van der Waals surface area contributed by atoms with Crippen LogP contribution in [0.3, 0.4) is 0 Å². The van der Waals surface area contributed by atoms with Gasteiger partial charge in [0.1, 0.15) is 17.5 Å². The maximum atomic E-state index is 9.56. The lowest BCUT2D eigenvalue weighted by molar-refractivity contribution is 1.26. The van der Waals surface area contributed by atoms with Crippen LogP contribution in [0.4, 0.5) is 5.82 Å². The molecule has 24 heavy (non-hydrogen) atoms. The molecule has 0 aliphatic carbocycles. The van der Waals surface area contributed by atoms with E-state index in [1.54, 1.807) is 6.07 Å². The van der Waals surface area contributed by atoms with Crippen molar-refractivity contribution in [3.05, 3.63) is 70.2 Å². The minimum atomic E-state index is 0.216. The molecule has 0 amide bonds. The molecule has 1 heterocycles. The van der Waals surface area contributed by atoms with Gasteiger partial charge in [0, 0.05) is 21.7 Å². The predicted molar refractivity (Wildman–Crippen MR) is 98.7 cm³/mol. The number of nitrogens with two attached hydrogens (primary N) is 1. The van der Waals surface area contributed by atoms with E-state index < -0.39 is 0 Å². The van der Waals surface area contributed by atoms with Crippen molar-refractivity contribution in [2.45, 2.75) is 13.8 Å². The summed E-state index contributed by atoms with van der Waals surface area (Å²) in [6, 6.07) is 17.7. The molecule has 3 rings (SSSR count). The first-order valence-corrected chi connectivity index (χ1v) is 7.93. The number of anilines is 1. The Morgan fingerprint density at radius 2 is 1.71 bits per heavy atom. The number of nitrogen functional groups attached to an aromatic ring is 1. The summed E-state index contributed by atoms with van der Waals surface area (Å²) >= 11 is 6.36. The van der Waals surface area contributed by atoms with Crippen LogP contribution in [0.15, 0.2) is 48.5 Å². The summed E-state index contributed by atoms with van der Waals surface area (Å²) in [5.74, 6) is 0.216. The van der Waals surface area contributed by atoms with Gasteiger partial charge in [0.2, 0.25) is 0 Å². The van der Waals surface area contributed by atoms with Gasteiger partial charge in [-0.15, -0.1) is 0 Å². The predicted octanol–water partition coefficient (Wildman–Crippen LogP) is 5.14. The number of hydrogen-bond donors (Lipinski definition) is 1. The zero-order valence-electron chi connectivity index (χ0n) is 13.5. The summed E-state index contributed by atoms with van der Waals surface area (Å²) < 4.78 is 0. The highest BCUT2D eigenvalue weighted by atomic mass is 35.5. The molecule has 0 spiro atoms. The lowest BCUT2D eigenvalue weighted by atomic mass is 9.92. The number of benzene rings is 2. The van der Waals surface area contributed by atoms with E-state index in [0.717, 1.165) is 27.9 Å². The monoisotopic (exact) mass is 333 g/mol. The molecule has 1 aromatic heterocycles. The van der Waals surface area contributed by atoms with E-state index in [9.17, 15) is 5.26 Å². The van der Waals surface area contributed by atoms with Gasteiger partial charge in [-0.2, -0.15) is 5.26 Å². The first kappa shape index (κ1) is 16.0. The number of aromatic nitrogens is 1. The van der Waals surface area contributed by atoms with Gasteiger partial charge in [-0.05, 0) is 25.5 Å². The fourth-order valence-electron chi connectivity index (χ4n) is 2.80. The van der Waals surface area contributed by atoms with Crippen molar-refractivity contribution in [1.82, 2.24) is 4.98 Å². The van der Waals surface area contributed by atoms with Crippen molar-refractivity contribution >= 4 is 17.4 Å². The summed E-state index contributed by atoms with van der Waals surface area (Å²) in [5.41, 5.74) is 11.8. The Morgan fingerprint density at radius 1 is 1.04 bits per heavy atom. The first-order chi connectivity index (χ1) is 11.5. The van der Waals surface area contributed by atoms with Gasteiger partial charge in [0.05, 0.1) is 5.69 Å². The van der Waals surface area contributed by atoms with Gasteiger partial charge in [-0.25, -0.2) is 4.98 Å². The van der Waals surface area contributed by atoms with E-state index >= 15 is 0 Å². The Hall–Kier alpha value is -2.83. The summed E-state index contributed by atoms with van der Waals surface area (Å²) in [6.45, 7) is 3.98. The minimum Gasteiger partial charge on any atom is -0.383 e. The molecular weight excluding hydrogens is 318 g/mol. The second kappa shape index (κ2) is 6.35. The van der Waals surface area contributed by atoms with Crippen LogP contribution in [0.25, 0.3) is 22.4 Å². The Balaban J connectivity index is 2.34. The average molecular weight is 334 g/mol. The number of nitriles is 1. The Labute approximate surface area is 146 Å². The molecule has 0 fully saturated rings. The topological polar surface area (TPSA) is 62.7 Å². The number of aryl methyl sites for hydroxylation is 1. The number of rotatable bonds is 2. The van der Waals surface area contributed by atoms with Crippen molar-refractivity contribution in [3.63, 3.8) is 0 Å². The van der Waals surface area contributed by atoms with Crippen molar-refractivity contribution in [2.24, 2.45) is 0 Å². The van der Waals surface area contributed by atoms with Crippen LogP contribution in [-0.4, -0.2) is 4.98 Å². The van der Waals surface area contributed by atoms with Gasteiger partial charge in [-0.3, -0.25) is 0 Å². The highest BCUT2D eigenvalue weighted by Crippen LogP contribution is 2.38. The van der Waals surface area contributed by atoms with E-state index in [0.29, 0.717) is 10.6 Å². The molecule has 0 unspecified atom stereocenters. The number of nitrogens with zero attached hydrogens (tertiary/aromatic N) is 2. The fourth-order valence-corrected chi connectivity index (χ4v) is 3.03. The molecular formula is C20H16ClN3. The Kier molecular flexibility index (Phi) is 4.24. The minimum absolute atomic E-state index is 0.216. The molecule has 0 aliphatic heterocycles. The smallest absolute Gasteiger partial charge is 0.142 e. The molecule has 0 atom stereocenters. The third-order valence-electron chi connectivity index (χ3n) is 4.05. The van der Waals surface area contributed by atoms with Gasteiger partial charge in [0.25, 0.3) is 0 Å². The zero-order valence-corrected chi connectivity index (χ0v) is 14.2. The van der Waals surface area contributed by atoms with Crippen LogP contribution in [0.1, 0.15) is 16.7 Å². The van der Waals surface area contributed by atoms with Crippen molar-refractivity contribution in [3.8, 4) is 28.5 Å². The fraction of sp³-hybridized carbons (Fsp3) is 0.100. The molecule has 118 valence electrons. The Morgan fingerprint density at radius 3 is 2.33 bits per heavy atom. The number of hydrogen-bond acceptors (Lipinski definition) is 3. The van der Waals surface area contributed by atoms with Crippen LogP contribution < -0.4 is 5.73 Å². The van der Waals surface area contributed by atoms with Crippen LogP contribution in [0.5, 0.6) is 0 Å². The molecule has 3 nitrogen and oxygen atoms in total. The van der Waals surface area contributed by atoms with Crippen molar-refractivity contribution in [2.75, 3.05) is 5.73 Å². The summed E-state index contributed by atoms with van der Waals surface area (Å²) in [5, 5.41) is 10.1. The summed E-state index contributed by atoms with van der Waals surface area (Å²) in [4.78, 5) is 4.47. The van der Waals surface area contributed by atoms with Gasteiger partial charge >= 0.3 is 0 Å². The highest BCUT2D eigenvalue weighted by Gasteiger charge is 2.19. The van der Waals surface area contributed by atoms with Crippen LogP contribution in [-0.2, 0) is 0 Å². The van der Waals surface area contributed by atoms with Crippen molar-refractivity contribution < 1.29 is 0 Å². The second-order valence-electron chi connectivity index (χ2n) is 5.68. The first-order valence-electron chi connectivity index (χ1n) is 7.55. The van der Waals surface area contributed by atoms with Crippen LogP contribution >= 0.6 is 11.6 Å². The van der Waals surface area contributed by atoms with E-state index in [1.807, 2.05) is 56.3 Å². The Bertz CT molecular complexity index is 954. The van der Waals surface area contributed by atoms with Gasteiger partial charge in [0.15, 0.2) is 0 Å². The molecule has 2 N–H and O–H groups in total. The SMILES string of the molecule is Cc1ccc(-c2nc(N)c(C#N)c(-c3ccccc3Cl)c2C)cc1. The molecule has 4 heteroatoms. The third-order valence-corrected chi connectivity index (χ3v) is 4.38. The van der Waals surface area contributed by atoms with Crippen LogP contribution in [0.2, 0.25) is 5.02 Å². The molecule has 3 aromatic rings. The quantitative estimate of drug-likeness (QED) is 0.706. The van der Waals surface area contributed by atoms with Gasteiger partial charge < -0.3 is 5.73 Å². The van der Waals surface area contributed by atoms with Crippen molar-refractivity contribution in [1.29, 1.82) is 5.26 Å². The van der Waals surface area contributed by atoms with Gasteiger partial charge in [-0.1, -0.05) is 59.6 Å². The zero-order chi connectivity index (χ0) is 17.3. The standard InChI is InChI=1S/C20H16ClN3/c1-12-7-9-14(10-8-12)19-13(2)18(16(11-22)20(23)24-19)15-5-3-4-6-17(15)21/h3-10H,1-2H3,(H2,23,24).